The van der Waals surface area contributed by atoms with Gasteiger partial charge in [0.25, 0.3) is 0 Å². The summed E-state index contributed by atoms with van der Waals surface area (Å²) in [6, 6.07) is 12.1. The molecule has 1 saturated heterocycles. The second-order valence-corrected chi connectivity index (χ2v) is 5.16. The van der Waals surface area contributed by atoms with Gasteiger partial charge < -0.3 is 10.2 Å². The van der Waals surface area contributed by atoms with Crippen molar-refractivity contribution in [2.75, 3.05) is 29.9 Å². The molecule has 3 rings (SSSR count). The SMILES string of the molecule is C=CCNc1cc(N2CCCC2)nc(-c2ccccc2)n1. The lowest BCUT2D eigenvalue weighted by atomic mass is 10.2. The Morgan fingerprint density at radius 1 is 1.14 bits per heavy atom. The van der Waals surface area contributed by atoms with E-state index in [0.717, 1.165) is 36.1 Å². The van der Waals surface area contributed by atoms with Crippen molar-refractivity contribution in [2.45, 2.75) is 12.8 Å². The first-order valence-corrected chi connectivity index (χ1v) is 7.41. The predicted octanol–water partition coefficient (Wildman–Crippen LogP) is 3.34. The van der Waals surface area contributed by atoms with Crippen LogP contribution in [0.5, 0.6) is 0 Å². The van der Waals surface area contributed by atoms with E-state index in [4.69, 9.17) is 4.98 Å². The van der Waals surface area contributed by atoms with Crippen molar-refractivity contribution in [1.29, 1.82) is 0 Å². The van der Waals surface area contributed by atoms with Gasteiger partial charge >= 0.3 is 0 Å². The Morgan fingerprint density at radius 3 is 2.62 bits per heavy atom. The lowest BCUT2D eigenvalue weighted by Crippen LogP contribution is -2.20. The first-order valence-electron chi connectivity index (χ1n) is 7.41. The van der Waals surface area contributed by atoms with Crippen molar-refractivity contribution >= 4 is 11.6 Å². The van der Waals surface area contributed by atoms with Crippen LogP contribution in [0.15, 0.2) is 49.1 Å². The third-order valence-corrected chi connectivity index (χ3v) is 3.60. The second-order valence-electron chi connectivity index (χ2n) is 5.16. The Balaban J connectivity index is 1.97. The summed E-state index contributed by atoms with van der Waals surface area (Å²) >= 11 is 0. The van der Waals surface area contributed by atoms with E-state index in [1.165, 1.54) is 12.8 Å². The Kier molecular flexibility index (Phi) is 4.15. The average Bonchev–Trinajstić information content (AvgIpc) is 3.08. The van der Waals surface area contributed by atoms with E-state index in [1.807, 2.05) is 42.5 Å². The summed E-state index contributed by atoms with van der Waals surface area (Å²) in [6.45, 7) is 6.59. The number of anilines is 2. The van der Waals surface area contributed by atoms with E-state index >= 15 is 0 Å². The molecule has 21 heavy (non-hydrogen) atoms. The van der Waals surface area contributed by atoms with E-state index in [9.17, 15) is 0 Å². The number of nitrogens with zero attached hydrogens (tertiary/aromatic N) is 3. The summed E-state index contributed by atoms with van der Waals surface area (Å²) in [6.07, 6.45) is 4.31. The normalized spacial score (nSPS) is 14.2. The van der Waals surface area contributed by atoms with Crippen LogP contribution in [-0.2, 0) is 0 Å². The van der Waals surface area contributed by atoms with Crippen molar-refractivity contribution in [3.05, 3.63) is 49.1 Å². The van der Waals surface area contributed by atoms with E-state index in [2.05, 4.69) is 21.8 Å². The molecule has 0 amide bonds. The lowest BCUT2D eigenvalue weighted by molar-refractivity contribution is 0.930. The molecule has 108 valence electrons. The van der Waals surface area contributed by atoms with Gasteiger partial charge in [0.2, 0.25) is 0 Å². The van der Waals surface area contributed by atoms with Crippen molar-refractivity contribution < 1.29 is 0 Å². The fraction of sp³-hybridized carbons (Fsp3) is 0.294. The molecule has 0 radical (unpaired) electrons. The summed E-state index contributed by atoms with van der Waals surface area (Å²) < 4.78 is 0. The summed E-state index contributed by atoms with van der Waals surface area (Å²) in [5, 5.41) is 3.27. The molecule has 1 fully saturated rings. The molecule has 1 aliphatic rings. The number of benzene rings is 1. The topological polar surface area (TPSA) is 41.0 Å². The largest absolute Gasteiger partial charge is 0.366 e. The van der Waals surface area contributed by atoms with Crippen LogP contribution in [0, 0.1) is 0 Å². The first kappa shape index (κ1) is 13.6. The molecule has 0 saturated carbocycles. The first-order chi connectivity index (χ1) is 10.4. The van der Waals surface area contributed by atoms with Crippen LogP contribution in [0.3, 0.4) is 0 Å². The maximum Gasteiger partial charge on any atom is 0.163 e. The average molecular weight is 280 g/mol. The fourth-order valence-corrected chi connectivity index (χ4v) is 2.53. The molecular weight excluding hydrogens is 260 g/mol. The Labute approximate surface area is 125 Å². The maximum atomic E-state index is 4.74. The van der Waals surface area contributed by atoms with Gasteiger partial charge in [-0.25, -0.2) is 9.97 Å². The third kappa shape index (κ3) is 3.21. The molecule has 0 spiro atoms. The molecule has 2 aromatic rings. The summed E-state index contributed by atoms with van der Waals surface area (Å²) in [5.74, 6) is 2.63. The molecule has 4 nitrogen and oxygen atoms in total. The van der Waals surface area contributed by atoms with Crippen LogP contribution in [0.4, 0.5) is 11.6 Å². The van der Waals surface area contributed by atoms with Gasteiger partial charge in [-0.15, -0.1) is 6.58 Å². The second kappa shape index (κ2) is 6.39. The van der Waals surface area contributed by atoms with E-state index < -0.39 is 0 Å². The molecule has 2 heterocycles. The number of aromatic nitrogens is 2. The Bertz CT molecular complexity index is 603. The van der Waals surface area contributed by atoms with Gasteiger partial charge in [-0.1, -0.05) is 36.4 Å². The number of hydrogen-bond donors (Lipinski definition) is 1. The van der Waals surface area contributed by atoms with Crippen LogP contribution in [0.2, 0.25) is 0 Å². The molecule has 0 bridgehead atoms. The highest BCUT2D eigenvalue weighted by atomic mass is 15.2. The molecule has 0 aliphatic carbocycles. The highest BCUT2D eigenvalue weighted by molar-refractivity contribution is 5.62. The quantitative estimate of drug-likeness (QED) is 0.853. The molecule has 1 aromatic carbocycles. The summed E-state index contributed by atoms with van der Waals surface area (Å²) in [7, 11) is 0. The van der Waals surface area contributed by atoms with Gasteiger partial charge in [0, 0.05) is 31.3 Å². The Hall–Kier alpha value is -2.36. The van der Waals surface area contributed by atoms with Gasteiger partial charge in [0.1, 0.15) is 11.6 Å². The standard InChI is InChI=1S/C17H20N4/c1-2-10-18-15-13-16(21-11-6-7-12-21)20-17(19-15)14-8-4-3-5-9-14/h2-5,8-9,13H,1,6-7,10-12H2,(H,18,19,20). The zero-order valence-corrected chi connectivity index (χ0v) is 12.1. The Morgan fingerprint density at radius 2 is 1.90 bits per heavy atom. The molecule has 1 aromatic heterocycles. The minimum atomic E-state index is 0.699. The van der Waals surface area contributed by atoms with E-state index in [1.54, 1.807) is 0 Å². The van der Waals surface area contributed by atoms with Crippen LogP contribution in [0.25, 0.3) is 11.4 Å². The van der Waals surface area contributed by atoms with Gasteiger partial charge in [-0.3, -0.25) is 0 Å². The summed E-state index contributed by atoms with van der Waals surface area (Å²) in [5.41, 5.74) is 1.04. The molecule has 0 atom stereocenters. The highest BCUT2D eigenvalue weighted by Gasteiger charge is 2.16. The molecular formula is C17H20N4. The van der Waals surface area contributed by atoms with Crippen molar-refractivity contribution in [1.82, 2.24) is 9.97 Å². The zero-order valence-electron chi connectivity index (χ0n) is 12.1. The number of nitrogens with one attached hydrogen (secondary N) is 1. The summed E-state index contributed by atoms with van der Waals surface area (Å²) in [4.78, 5) is 11.7. The van der Waals surface area contributed by atoms with Gasteiger partial charge in [0.05, 0.1) is 0 Å². The highest BCUT2D eigenvalue weighted by Crippen LogP contribution is 2.24. The fourth-order valence-electron chi connectivity index (χ4n) is 2.53. The zero-order chi connectivity index (χ0) is 14.5. The van der Waals surface area contributed by atoms with Gasteiger partial charge in [0.15, 0.2) is 5.82 Å². The minimum Gasteiger partial charge on any atom is -0.366 e. The maximum absolute atomic E-state index is 4.74. The molecule has 4 heteroatoms. The van der Waals surface area contributed by atoms with Crippen LogP contribution < -0.4 is 10.2 Å². The molecule has 1 N–H and O–H groups in total. The van der Waals surface area contributed by atoms with Crippen molar-refractivity contribution in [3.63, 3.8) is 0 Å². The number of hydrogen-bond acceptors (Lipinski definition) is 4. The molecule has 1 aliphatic heterocycles. The van der Waals surface area contributed by atoms with Crippen molar-refractivity contribution in [3.8, 4) is 11.4 Å². The number of rotatable bonds is 5. The molecule has 0 unspecified atom stereocenters. The van der Waals surface area contributed by atoms with E-state index in [0.29, 0.717) is 6.54 Å². The van der Waals surface area contributed by atoms with Crippen LogP contribution >= 0.6 is 0 Å². The van der Waals surface area contributed by atoms with E-state index in [-0.39, 0.29) is 0 Å². The third-order valence-electron chi connectivity index (χ3n) is 3.60. The van der Waals surface area contributed by atoms with Gasteiger partial charge in [-0.2, -0.15) is 0 Å². The monoisotopic (exact) mass is 280 g/mol. The van der Waals surface area contributed by atoms with Crippen LogP contribution in [-0.4, -0.2) is 29.6 Å². The predicted molar refractivity (Wildman–Crippen MR) is 87.6 cm³/mol. The smallest absolute Gasteiger partial charge is 0.163 e. The van der Waals surface area contributed by atoms with Crippen molar-refractivity contribution in [2.24, 2.45) is 0 Å². The van der Waals surface area contributed by atoms with Crippen LogP contribution in [0.1, 0.15) is 12.8 Å². The van der Waals surface area contributed by atoms with Gasteiger partial charge in [-0.05, 0) is 12.8 Å². The lowest BCUT2D eigenvalue weighted by Gasteiger charge is -2.18. The minimum absolute atomic E-state index is 0.699.